The van der Waals surface area contributed by atoms with E-state index < -0.39 is 0 Å². The molecule has 0 aromatic heterocycles. The summed E-state index contributed by atoms with van der Waals surface area (Å²) in [5, 5.41) is 0. The summed E-state index contributed by atoms with van der Waals surface area (Å²) >= 11 is 0. The van der Waals surface area contributed by atoms with Crippen molar-refractivity contribution in [3.8, 4) is 17.2 Å². The summed E-state index contributed by atoms with van der Waals surface area (Å²) in [6.07, 6.45) is 0.981. The molecule has 1 aliphatic rings. The lowest BCUT2D eigenvalue weighted by Gasteiger charge is -2.33. The Bertz CT molecular complexity index is 762. The van der Waals surface area contributed by atoms with Crippen molar-refractivity contribution in [3.05, 3.63) is 47.5 Å². The maximum atomic E-state index is 13.2. The van der Waals surface area contributed by atoms with Gasteiger partial charge in [0.1, 0.15) is 0 Å². The van der Waals surface area contributed by atoms with Crippen LogP contribution in [-0.4, -0.2) is 33.8 Å². The summed E-state index contributed by atoms with van der Waals surface area (Å²) in [6.45, 7) is 2.85. The normalized spacial score (nSPS) is 16.2. The molecule has 5 heteroatoms. The first-order valence-electron chi connectivity index (χ1n) is 8.28. The average molecular weight is 341 g/mol. The van der Waals surface area contributed by atoms with E-state index in [1.54, 1.807) is 33.5 Å². The first-order valence-corrected chi connectivity index (χ1v) is 8.28. The summed E-state index contributed by atoms with van der Waals surface area (Å²) < 4.78 is 16.1. The standard InChI is InChI=1S/C20H23NO4/c1-13-9-14-7-5-6-8-16(14)21(12-13)20(22)15-10-17(23-2)19(25-4)18(11-15)24-3/h5-8,10-11,13H,9,12H2,1-4H3. The highest BCUT2D eigenvalue weighted by molar-refractivity contribution is 6.07. The van der Waals surface area contributed by atoms with E-state index in [0.29, 0.717) is 35.3 Å². The molecule has 1 amide bonds. The second kappa shape index (κ2) is 7.05. The molecule has 1 heterocycles. The lowest BCUT2D eigenvalue weighted by atomic mass is 9.93. The van der Waals surface area contributed by atoms with Gasteiger partial charge in [-0.05, 0) is 36.1 Å². The van der Waals surface area contributed by atoms with Gasteiger partial charge >= 0.3 is 0 Å². The van der Waals surface area contributed by atoms with Crippen LogP contribution in [0.5, 0.6) is 17.2 Å². The maximum absolute atomic E-state index is 13.2. The third-order valence-corrected chi connectivity index (χ3v) is 4.50. The zero-order valence-electron chi connectivity index (χ0n) is 15.0. The van der Waals surface area contributed by atoms with Crippen LogP contribution in [0.25, 0.3) is 0 Å². The van der Waals surface area contributed by atoms with E-state index in [2.05, 4.69) is 13.0 Å². The molecule has 25 heavy (non-hydrogen) atoms. The first-order chi connectivity index (χ1) is 12.1. The molecule has 2 aromatic rings. The molecule has 132 valence electrons. The van der Waals surface area contributed by atoms with E-state index in [1.807, 2.05) is 23.1 Å². The van der Waals surface area contributed by atoms with Crippen LogP contribution in [0.15, 0.2) is 36.4 Å². The number of hydrogen-bond donors (Lipinski definition) is 0. The van der Waals surface area contributed by atoms with Crippen LogP contribution < -0.4 is 19.1 Å². The second-order valence-corrected chi connectivity index (χ2v) is 6.27. The Morgan fingerprint density at radius 1 is 1.04 bits per heavy atom. The van der Waals surface area contributed by atoms with Crippen LogP contribution in [0.4, 0.5) is 5.69 Å². The number of benzene rings is 2. The fourth-order valence-corrected chi connectivity index (χ4v) is 3.35. The molecule has 2 aromatic carbocycles. The van der Waals surface area contributed by atoms with Gasteiger partial charge in [0.05, 0.1) is 21.3 Å². The largest absolute Gasteiger partial charge is 0.493 e. The Morgan fingerprint density at radius 2 is 1.68 bits per heavy atom. The second-order valence-electron chi connectivity index (χ2n) is 6.27. The minimum Gasteiger partial charge on any atom is -0.493 e. The highest BCUT2D eigenvalue weighted by atomic mass is 16.5. The van der Waals surface area contributed by atoms with E-state index >= 15 is 0 Å². The highest BCUT2D eigenvalue weighted by Crippen LogP contribution is 2.39. The van der Waals surface area contributed by atoms with Gasteiger partial charge in [-0.3, -0.25) is 4.79 Å². The van der Waals surface area contributed by atoms with Gasteiger partial charge in [-0.25, -0.2) is 0 Å². The monoisotopic (exact) mass is 341 g/mol. The lowest BCUT2D eigenvalue weighted by Crippen LogP contribution is -2.39. The molecule has 0 radical (unpaired) electrons. The number of ether oxygens (including phenoxy) is 3. The van der Waals surface area contributed by atoms with Crippen molar-refractivity contribution in [2.24, 2.45) is 5.92 Å². The van der Waals surface area contributed by atoms with Crippen LogP contribution in [0, 0.1) is 5.92 Å². The molecule has 5 nitrogen and oxygen atoms in total. The quantitative estimate of drug-likeness (QED) is 0.853. The fourth-order valence-electron chi connectivity index (χ4n) is 3.35. The molecule has 0 fully saturated rings. The van der Waals surface area contributed by atoms with Crippen molar-refractivity contribution < 1.29 is 19.0 Å². The lowest BCUT2D eigenvalue weighted by molar-refractivity contribution is 0.0980. The van der Waals surface area contributed by atoms with Gasteiger partial charge in [-0.15, -0.1) is 0 Å². The molecule has 3 rings (SSSR count). The maximum Gasteiger partial charge on any atom is 0.258 e. The van der Waals surface area contributed by atoms with Crippen LogP contribution in [0.2, 0.25) is 0 Å². The van der Waals surface area contributed by atoms with Gasteiger partial charge < -0.3 is 19.1 Å². The smallest absolute Gasteiger partial charge is 0.258 e. The van der Waals surface area contributed by atoms with Crippen molar-refractivity contribution in [2.75, 3.05) is 32.8 Å². The van der Waals surface area contributed by atoms with Crippen LogP contribution in [0.1, 0.15) is 22.8 Å². The minimum atomic E-state index is -0.0711. The van der Waals surface area contributed by atoms with Crippen molar-refractivity contribution in [2.45, 2.75) is 13.3 Å². The number of hydrogen-bond acceptors (Lipinski definition) is 4. The SMILES string of the molecule is COc1cc(C(=O)N2CC(C)Cc3ccccc32)cc(OC)c1OC. The zero-order chi connectivity index (χ0) is 18.0. The molecule has 0 saturated heterocycles. The number of rotatable bonds is 4. The summed E-state index contributed by atoms with van der Waals surface area (Å²) in [4.78, 5) is 15.1. The Kier molecular flexibility index (Phi) is 4.83. The number of para-hydroxylation sites is 1. The summed E-state index contributed by atoms with van der Waals surface area (Å²) in [6, 6.07) is 11.5. The predicted molar refractivity (Wildman–Crippen MR) is 97.1 cm³/mol. The predicted octanol–water partition coefficient (Wildman–Crippen LogP) is 3.55. The molecule has 1 unspecified atom stereocenters. The molecule has 0 spiro atoms. The van der Waals surface area contributed by atoms with Crippen molar-refractivity contribution in [1.82, 2.24) is 0 Å². The number of nitrogens with zero attached hydrogens (tertiary/aromatic N) is 1. The fraction of sp³-hybridized carbons (Fsp3) is 0.350. The molecule has 0 saturated carbocycles. The Balaban J connectivity index is 2.04. The Labute approximate surface area is 148 Å². The van der Waals surface area contributed by atoms with Crippen molar-refractivity contribution in [3.63, 3.8) is 0 Å². The van der Waals surface area contributed by atoms with Gasteiger partial charge in [0, 0.05) is 17.8 Å². The van der Waals surface area contributed by atoms with E-state index in [1.165, 1.54) is 5.56 Å². The molecule has 1 aliphatic heterocycles. The molecule has 0 N–H and O–H groups in total. The highest BCUT2D eigenvalue weighted by Gasteiger charge is 2.28. The number of carbonyl (C=O) groups excluding carboxylic acids is 1. The van der Waals surface area contributed by atoms with Gasteiger partial charge in [0.25, 0.3) is 5.91 Å². The number of methoxy groups -OCH3 is 3. The average Bonchev–Trinajstić information content (AvgIpc) is 2.65. The van der Waals surface area contributed by atoms with Gasteiger partial charge in [-0.1, -0.05) is 25.1 Å². The topological polar surface area (TPSA) is 48.0 Å². The first kappa shape index (κ1) is 17.1. The molecular formula is C20H23NO4. The van der Waals surface area contributed by atoms with Crippen LogP contribution >= 0.6 is 0 Å². The minimum absolute atomic E-state index is 0.0711. The van der Waals surface area contributed by atoms with Crippen molar-refractivity contribution >= 4 is 11.6 Å². The summed E-state index contributed by atoms with van der Waals surface area (Å²) in [5.41, 5.74) is 2.68. The molecular weight excluding hydrogens is 318 g/mol. The van der Waals surface area contributed by atoms with E-state index in [0.717, 1.165) is 12.1 Å². The molecule has 1 atom stereocenters. The Morgan fingerprint density at radius 3 is 2.28 bits per heavy atom. The van der Waals surface area contributed by atoms with Crippen LogP contribution in [-0.2, 0) is 6.42 Å². The number of carbonyl (C=O) groups is 1. The van der Waals surface area contributed by atoms with Gasteiger partial charge in [-0.2, -0.15) is 0 Å². The number of anilines is 1. The number of fused-ring (bicyclic) bond motifs is 1. The van der Waals surface area contributed by atoms with Gasteiger partial charge in [0.15, 0.2) is 11.5 Å². The van der Waals surface area contributed by atoms with Crippen molar-refractivity contribution in [1.29, 1.82) is 0 Å². The molecule has 0 aliphatic carbocycles. The third kappa shape index (κ3) is 3.14. The molecule has 0 bridgehead atoms. The summed E-state index contributed by atoms with van der Waals surface area (Å²) in [7, 11) is 4.64. The van der Waals surface area contributed by atoms with E-state index in [4.69, 9.17) is 14.2 Å². The van der Waals surface area contributed by atoms with Crippen LogP contribution in [0.3, 0.4) is 0 Å². The van der Waals surface area contributed by atoms with E-state index in [9.17, 15) is 4.79 Å². The van der Waals surface area contributed by atoms with E-state index in [-0.39, 0.29) is 5.91 Å². The number of amides is 1. The Hall–Kier alpha value is -2.69. The third-order valence-electron chi connectivity index (χ3n) is 4.50. The zero-order valence-corrected chi connectivity index (χ0v) is 15.0. The van der Waals surface area contributed by atoms with Gasteiger partial charge in [0.2, 0.25) is 5.75 Å². The summed E-state index contributed by atoms with van der Waals surface area (Å²) in [5.74, 6) is 1.76.